The van der Waals surface area contributed by atoms with Gasteiger partial charge in [0.25, 0.3) is 0 Å². The van der Waals surface area contributed by atoms with Crippen molar-refractivity contribution in [2.24, 2.45) is 0 Å². The number of piperazine rings is 1. The number of nitrogens with zero attached hydrogens (tertiary/aromatic N) is 2. The van der Waals surface area contributed by atoms with Crippen molar-refractivity contribution in [3.8, 4) is 17.2 Å². The topological polar surface area (TPSA) is 34.2 Å². The molecule has 1 fully saturated rings. The summed E-state index contributed by atoms with van der Waals surface area (Å²) < 4.78 is 16.1. The molecule has 26 heavy (non-hydrogen) atoms. The Morgan fingerprint density at radius 2 is 1.42 bits per heavy atom. The molecule has 5 heteroatoms. The molecule has 0 radical (unpaired) electrons. The predicted octanol–water partition coefficient (Wildman–Crippen LogP) is 3.34. The minimum absolute atomic E-state index is 0.790. The zero-order valence-corrected chi connectivity index (χ0v) is 16.1. The number of hydrogen-bond acceptors (Lipinski definition) is 5. The van der Waals surface area contributed by atoms with Crippen LogP contribution in [0.4, 0.5) is 5.69 Å². The fourth-order valence-corrected chi connectivity index (χ4v) is 3.39. The van der Waals surface area contributed by atoms with Crippen molar-refractivity contribution in [2.45, 2.75) is 13.5 Å². The number of methoxy groups -OCH3 is 3. The minimum atomic E-state index is 0.790. The van der Waals surface area contributed by atoms with Crippen LogP contribution in [0.1, 0.15) is 11.1 Å². The second-order valence-corrected chi connectivity index (χ2v) is 6.59. The summed E-state index contributed by atoms with van der Waals surface area (Å²) in [4.78, 5) is 4.92. The standard InChI is InChI=1S/C21H28N2O3/c1-16-13-20(25-3)21(26-4)14-17(16)15-22-9-11-23(12-10-22)18-5-7-19(24-2)8-6-18/h5-8,13-14H,9-12,15H2,1-4H3. The third-order valence-corrected chi connectivity index (χ3v) is 5.05. The van der Waals surface area contributed by atoms with Crippen LogP contribution in [0.3, 0.4) is 0 Å². The molecule has 140 valence electrons. The number of aryl methyl sites for hydroxylation is 1. The summed E-state index contributed by atoms with van der Waals surface area (Å²) in [5.74, 6) is 2.49. The fraction of sp³-hybridized carbons (Fsp3) is 0.429. The zero-order valence-electron chi connectivity index (χ0n) is 16.1. The van der Waals surface area contributed by atoms with Crippen molar-refractivity contribution in [1.82, 2.24) is 4.90 Å². The molecule has 0 aromatic heterocycles. The Bertz CT molecular complexity index is 723. The lowest BCUT2D eigenvalue weighted by atomic mass is 10.1. The van der Waals surface area contributed by atoms with Gasteiger partial charge in [0.15, 0.2) is 11.5 Å². The molecular weight excluding hydrogens is 328 g/mol. The van der Waals surface area contributed by atoms with Crippen molar-refractivity contribution in [1.29, 1.82) is 0 Å². The monoisotopic (exact) mass is 356 g/mol. The van der Waals surface area contributed by atoms with Gasteiger partial charge in [0.2, 0.25) is 0 Å². The van der Waals surface area contributed by atoms with Crippen molar-refractivity contribution in [3.63, 3.8) is 0 Å². The van der Waals surface area contributed by atoms with E-state index in [0.717, 1.165) is 50.0 Å². The van der Waals surface area contributed by atoms with Crippen LogP contribution in [-0.4, -0.2) is 52.4 Å². The third-order valence-electron chi connectivity index (χ3n) is 5.05. The van der Waals surface area contributed by atoms with E-state index < -0.39 is 0 Å². The molecule has 0 bridgehead atoms. The van der Waals surface area contributed by atoms with Crippen LogP contribution in [0.25, 0.3) is 0 Å². The Morgan fingerprint density at radius 1 is 0.808 bits per heavy atom. The molecule has 1 aliphatic rings. The Hall–Kier alpha value is -2.40. The largest absolute Gasteiger partial charge is 0.497 e. The zero-order chi connectivity index (χ0) is 18.5. The molecule has 0 aliphatic carbocycles. The molecular formula is C21H28N2O3. The summed E-state index contributed by atoms with van der Waals surface area (Å²) in [6.07, 6.45) is 0. The van der Waals surface area contributed by atoms with Crippen LogP contribution in [0.5, 0.6) is 17.2 Å². The second-order valence-electron chi connectivity index (χ2n) is 6.59. The molecule has 0 spiro atoms. The Balaban J connectivity index is 1.61. The number of anilines is 1. The predicted molar refractivity (Wildman–Crippen MR) is 105 cm³/mol. The molecule has 1 saturated heterocycles. The van der Waals surface area contributed by atoms with E-state index in [9.17, 15) is 0 Å². The molecule has 2 aromatic rings. The molecule has 0 atom stereocenters. The van der Waals surface area contributed by atoms with Crippen molar-refractivity contribution < 1.29 is 14.2 Å². The summed E-state index contributed by atoms with van der Waals surface area (Å²) in [6, 6.07) is 12.5. The molecule has 2 aromatic carbocycles. The first-order valence-corrected chi connectivity index (χ1v) is 8.97. The van der Waals surface area contributed by atoms with Crippen LogP contribution >= 0.6 is 0 Å². The van der Waals surface area contributed by atoms with Gasteiger partial charge >= 0.3 is 0 Å². The fourth-order valence-electron chi connectivity index (χ4n) is 3.39. The number of hydrogen-bond donors (Lipinski definition) is 0. The van der Waals surface area contributed by atoms with E-state index in [1.807, 2.05) is 12.1 Å². The van der Waals surface area contributed by atoms with Gasteiger partial charge in [0, 0.05) is 38.4 Å². The van der Waals surface area contributed by atoms with Gasteiger partial charge in [-0.1, -0.05) is 0 Å². The Labute approximate surface area is 156 Å². The van der Waals surface area contributed by atoms with Crippen molar-refractivity contribution in [2.75, 3.05) is 52.4 Å². The van der Waals surface area contributed by atoms with E-state index >= 15 is 0 Å². The van der Waals surface area contributed by atoms with E-state index in [0.29, 0.717) is 0 Å². The lowest BCUT2D eigenvalue weighted by molar-refractivity contribution is 0.249. The van der Waals surface area contributed by atoms with Crippen molar-refractivity contribution >= 4 is 5.69 Å². The van der Waals surface area contributed by atoms with E-state index in [-0.39, 0.29) is 0 Å². The summed E-state index contributed by atoms with van der Waals surface area (Å²) in [5.41, 5.74) is 3.79. The summed E-state index contributed by atoms with van der Waals surface area (Å²) in [7, 11) is 5.06. The highest BCUT2D eigenvalue weighted by atomic mass is 16.5. The van der Waals surface area contributed by atoms with E-state index in [1.54, 1.807) is 21.3 Å². The van der Waals surface area contributed by atoms with Gasteiger partial charge in [0.05, 0.1) is 21.3 Å². The molecule has 0 amide bonds. The molecule has 5 nitrogen and oxygen atoms in total. The molecule has 0 saturated carbocycles. The highest BCUT2D eigenvalue weighted by Gasteiger charge is 2.19. The SMILES string of the molecule is COc1ccc(N2CCN(Cc3cc(OC)c(OC)cc3C)CC2)cc1. The highest BCUT2D eigenvalue weighted by Crippen LogP contribution is 2.31. The van der Waals surface area contributed by atoms with Crippen molar-refractivity contribution in [3.05, 3.63) is 47.5 Å². The highest BCUT2D eigenvalue weighted by molar-refractivity contribution is 5.50. The maximum Gasteiger partial charge on any atom is 0.161 e. The van der Waals surface area contributed by atoms with Crippen LogP contribution < -0.4 is 19.1 Å². The van der Waals surface area contributed by atoms with E-state index in [2.05, 4.69) is 41.0 Å². The van der Waals surface area contributed by atoms with E-state index in [4.69, 9.17) is 14.2 Å². The van der Waals surface area contributed by atoms with Gasteiger partial charge < -0.3 is 19.1 Å². The maximum atomic E-state index is 5.45. The average molecular weight is 356 g/mol. The average Bonchev–Trinajstić information content (AvgIpc) is 2.69. The number of ether oxygens (including phenoxy) is 3. The van der Waals surface area contributed by atoms with Gasteiger partial charge in [-0.2, -0.15) is 0 Å². The summed E-state index contributed by atoms with van der Waals surface area (Å²) in [5, 5.41) is 0. The first-order valence-electron chi connectivity index (χ1n) is 8.97. The van der Waals surface area contributed by atoms with Crippen LogP contribution in [0.2, 0.25) is 0 Å². The van der Waals surface area contributed by atoms with Gasteiger partial charge in [-0.25, -0.2) is 0 Å². The second kappa shape index (κ2) is 8.32. The quantitative estimate of drug-likeness (QED) is 0.793. The maximum absolute atomic E-state index is 5.45. The van der Waals surface area contributed by atoms with Gasteiger partial charge in [-0.05, 0) is 54.4 Å². The minimum Gasteiger partial charge on any atom is -0.497 e. The summed E-state index contributed by atoms with van der Waals surface area (Å²) in [6.45, 7) is 7.20. The Morgan fingerprint density at radius 3 is 2.00 bits per heavy atom. The smallest absolute Gasteiger partial charge is 0.161 e. The lowest BCUT2D eigenvalue weighted by Crippen LogP contribution is -2.46. The van der Waals surface area contributed by atoms with Gasteiger partial charge in [-0.15, -0.1) is 0 Å². The van der Waals surface area contributed by atoms with E-state index in [1.165, 1.54) is 16.8 Å². The molecule has 3 rings (SSSR count). The van der Waals surface area contributed by atoms with Crippen LogP contribution in [0, 0.1) is 6.92 Å². The normalized spacial score (nSPS) is 15.0. The van der Waals surface area contributed by atoms with Crippen LogP contribution in [0.15, 0.2) is 36.4 Å². The van der Waals surface area contributed by atoms with Crippen LogP contribution in [-0.2, 0) is 6.54 Å². The van der Waals surface area contributed by atoms with Gasteiger partial charge in [-0.3, -0.25) is 4.90 Å². The lowest BCUT2D eigenvalue weighted by Gasteiger charge is -2.36. The first-order chi connectivity index (χ1) is 12.6. The Kier molecular flexibility index (Phi) is 5.89. The molecule has 1 heterocycles. The first kappa shape index (κ1) is 18.4. The number of benzene rings is 2. The van der Waals surface area contributed by atoms with Gasteiger partial charge in [0.1, 0.15) is 5.75 Å². The molecule has 1 aliphatic heterocycles. The molecule has 0 unspecified atom stereocenters. The summed E-state index contributed by atoms with van der Waals surface area (Å²) >= 11 is 0. The third kappa shape index (κ3) is 4.05. The molecule has 0 N–H and O–H groups in total. The number of rotatable bonds is 6.